The molecule has 114 valence electrons. The fourth-order valence-corrected chi connectivity index (χ4v) is 3.37. The van der Waals surface area contributed by atoms with E-state index in [-0.39, 0.29) is 0 Å². The average Bonchev–Trinajstić information content (AvgIpc) is 2.65. The topological polar surface area (TPSA) is 33.1 Å². The molecular formula is C16H30N4. The predicted molar refractivity (Wildman–Crippen MR) is 83.9 cm³/mol. The lowest BCUT2D eigenvalue weighted by Crippen LogP contribution is -2.32. The van der Waals surface area contributed by atoms with Crippen molar-refractivity contribution < 1.29 is 0 Å². The van der Waals surface area contributed by atoms with Gasteiger partial charge in [0.2, 0.25) is 0 Å². The maximum Gasteiger partial charge on any atom is 0.0644 e. The fraction of sp³-hybridized carbons (Fsp3) is 0.812. The molecule has 0 saturated carbocycles. The normalized spacial score (nSPS) is 19.4. The molecule has 0 bridgehead atoms. The minimum Gasteiger partial charge on any atom is -0.310 e. The number of piperidine rings is 1. The molecule has 0 spiro atoms. The average molecular weight is 278 g/mol. The van der Waals surface area contributed by atoms with E-state index in [4.69, 9.17) is 0 Å². The third-order valence-electron chi connectivity index (χ3n) is 4.84. The van der Waals surface area contributed by atoms with Crippen LogP contribution in [0.25, 0.3) is 0 Å². The van der Waals surface area contributed by atoms with Crippen LogP contribution in [0.4, 0.5) is 0 Å². The van der Waals surface area contributed by atoms with Crippen molar-refractivity contribution in [1.29, 1.82) is 0 Å². The molecule has 0 radical (unpaired) electrons. The predicted octanol–water partition coefficient (Wildman–Crippen LogP) is 2.42. The molecule has 1 aromatic heterocycles. The Morgan fingerprint density at radius 3 is 2.45 bits per heavy atom. The van der Waals surface area contributed by atoms with Crippen LogP contribution in [0.1, 0.15) is 49.2 Å². The molecule has 1 aromatic rings. The Morgan fingerprint density at radius 2 is 1.90 bits per heavy atom. The zero-order chi connectivity index (χ0) is 14.7. The van der Waals surface area contributed by atoms with Crippen LogP contribution >= 0.6 is 0 Å². The standard InChI is InChI=1S/C16H30N4/c1-12(16-13(2)18-20(5)14(16)3)17-9-6-15-7-10-19(4)11-8-15/h12,15,17H,6-11H2,1-5H3. The molecule has 1 atom stereocenters. The zero-order valence-corrected chi connectivity index (χ0v) is 13.7. The number of nitrogens with zero attached hydrogens (tertiary/aromatic N) is 3. The second kappa shape index (κ2) is 6.72. The fourth-order valence-electron chi connectivity index (χ4n) is 3.37. The molecule has 4 nitrogen and oxygen atoms in total. The van der Waals surface area contributed by atoms with Crippen molar-refractivity contribution in [1.82, 2.24) is 20.0 Å². The van der Waals surface area contributed by atoms with Gasteiger partial charge in [-0.1, -0.05) is 0 Å². The quantitative estimate of drug-likeness (QED) is 0.898. The SMILES string of the molecule is Cc1nn(C)c(C)c1C(C)NCCC1CCN(C)CC1. The van der Waals surface area contributed by atoms with Crippen LogP contribution < -0.4 is 5.32 Å². The van der Waals surface area contributed by atoms with Crippen molar-refractivity contribution in [2.75, 3.05) is 26.7 Å². The summed E-state index contributed by atoms with van der Waals surface area (Å²) in [4.78, 5) is 2.44. The highest BCUT2D eigenvalue weighted by molar-refractivity contribution is 5.27. The summed E-state index contributed by atoms with van der Waals surface area (Å²) in [6, 6.07) is 0.398. The molecule has 20 heavy (non-hydrogen) atoms. The van der Waals surface area contributed by atoms with Crippen molar-refractivity contribution in [3.8, 4) is 0 Å². The maximum atomic E-state index is 4.51. The van der Waals surface area contributed by atoms with Gasteiger partial charge in [0, 0.05) is 24.3 Å². The second-order valence-electron chi connectivity index (χ2n) is 6.42. The van der Waals surface area contributed by atoms with Crippen molar-refractivity contribution in [2.45, 2.75) is 46.1 Å². The number of nitrogens with one attached hydrogen (secondary N) is 1. The van der Waals surface area contributed by atoms with Crippen LogP contribution in [0.15, 0.2) is 0 Å². The highest BCUT2D eigenvalue weighted by Gasteiger charge is 2.18. The van der Waals surface area contributed by atoms with E-state index >= 15 is 0 Å². The molecule has 0 amide bonds. The summed E-state index contributed by atoms with van der Waals surface area (Å²) in [5, 5.41) is 8.19. The molecule has 2 heterocycles. The van der Waals surface area contributed by atoms with Crippen molar-refractivity contribution in [3.05, 3.63) is 17.0 Å². The van der Waals surface area contributed by atoms with E-state index in [2.05, 4.69) is 43.1 Å². The minimum atomic E-state index is 0.398. The molecule has 1 fully saturated rings. The Labute approximate surface area is 123 Å². The van der Waals surface area contributed by atoms with E-state index < -0.39 is 0 Å². The van der Waals surface area contributed by atoms with Gasteiger partial charge in [-0.3, -0.25) is 4.68 Å². The monoisotopic (exact) mass is 278 g/mol. The van der Waals surface area contributed by atoms with E-state index in [0.29, 0.717) is 6.04 Å². The lowest BCUT2D eigenvalue weighted by atomic mass is 9.93. The molecule has 4 heteroatoms. The van der Waals surface area contributed by atoms with Gasteiger partial charge in [-0.2, -0.15) is 5.10 Å². The van der Waals surface area contributed by atoms with Gasteiger partial charge in [0.1, 0.15) is 0 Å². The Balaban J connectivity index is 1.79. The summed E-state index contributed by atoms with van der Waals surface area (Å²) in [6.07, 6.45) is 4.02. The summed E-state index contributed by atoms with van der Waals surface area (Å²) in [5.41, 5.74) is 3.81. The number of hydrogen-bond donors (Lipinski definition) is 1. The number of rotatable bonds is 5. The van der Waals surface area contributed by atoms with Gasteiger partial charge in [0.15, 0.2) is 0 Å². The van der Waals surface area contributed by atoms with Gasteiger partial charge in [-0.25, -0.2) is 0 Å². The summed E-state index contributed by atoms with van der Waals surface area (Å²) >= 11 is 0. The van der Waals surface area contributed by atoms with Crippen LogP contribution in [0.5, 0.6) is 0 Å². The van der Waals surface area contributed by atoms with Crippen molar-refractivity contribution >= 4 is 0 Å². The van der Waals surface area contributed by atoms with Crippen LogP contribution in [0.2, 0.25) is 0 Å². The summed E-state index contributed by atoms with van der Waals surface area (Å²) < 4.78 is 1.99. The first kappa shape index (κ1) is 15.5. The molecule has 1 aliphatic heterocycles. The molecule has 1 aliphatic rings. The van der Waals surface area contributed by atoms with Gasteiger partial charge in [-0.15, -0.1) is 0 Å². The Kier molecular flexibility index (Phi) is 5.22. The highest BCUT2D eigenvalue weighted by atomic mass is 15.3. The molecule has 1 saturated heterocycles. The molecule has 0 aliphatic carbocycles. The third kappa shape index (κ3) is 3.61. The van der Waals surface area contributed by atoms with Crippen molar-refractivity contribution in [3.63, 3.8) is 0 Å². The Bertz CT molecular complexity index is 430. The van der Waals surface area contributed by atoms with Gasteiger partial charge in [0.05, 0.1) is 5.69 Å². The summed E-state index contributed by atoms with van der Waals surface area (Å²) in [6.45, 7) is 10.2. The second-order valence-corrected chi connectivity index (χ2v) is 6.42. The molecule has 0 aromatic carbocycles. The van der Waals surface area contributed by atoms with Gasteiger partial charge < -0.3 is 10.2 Å². The van der Waals surface area contributed by atoms with Gasteiger partial charge >= 0.3 is 0 Å². The highest BCUT2D eigenvalue weighted by Crippen LogP contribution is 2.22. The lowest BCUT2D eigenvalue weighted by Gasteiger charge is -2.29. The maximum absolute atomic E-state index is 4.51. The van der Waals surface area contributed by atoms with Crippen LogP contribution in [0, 0.1) is 19.8 Å². The van der Waals surface area contributed by atoms with Gasteiger partial charge in [-0.05, 0) is 72.6 Å². The van der Waals surface area contributed by atoms with Crippen LogP contribution in [-0.4, -0.2) is 41.4 Å². The number of aromatic nitrogens is 2. The minimum absolute atomic E-state index is 0.398. The molecular weight excluding hydrogens is 248 g/mol. The first-order chi connectivity index (χ1) is 9.49. The van der Waals surface area contributed by atoms with E-state index in [1.165, 1.54) is 43.6 Å². The van der Waals surface area contributed by atoms with E-state index in [0.717, 1.165) is 18.2 Å². The first-order valence-electron chi connectivity index (χ1n) is 7.91. The molecule has 1 unspecified atom stereocenters. The smallest absolute Gasteiger partial charge is 0.0644 e. The number of likely N-dealkylation sites (tertiary alicyclic amines) is 1. The molecule has 2 rings (SSSR count). The lowest BCUT2D eigenvalue weighted by molar-refractivity contribution is 0.211. The van der Waals surface area contributed by atoms with E-state index in [1.54, 1.807) is 0 Å². The van der Waals surface area contributed by atoms with Crippen LogP contribution in [0.3, 0.4) is 0 Å². The van der Waals surface area contributed by atoms with Crippen molar-refractivity contribution in [2.24, 2.45) is 13.0 Å². The number of aryl methyl sites for hydroxylation is 2. The van der Waals surface area contributed by atoms with E-state index in [9.17, 15) is 0 Å². The zero-order valence-electron chi connectivity index (χ0n) is 13.7. The molecule has 1 N–H and O–H groups in total. The van der Waals surface area contributed by atoms with E-state index in [1.807, 2.05) is 11.7 Å². The number of hydrogen-bond acceptors (Lipinski definition) is 3. The first-order valence-corrected chi connectivity index (χ1v) is 7.91. The largest absolute Gasteiger partial charge is 0.310 e. The third-order valence-corrected chi connectivity index (χ3v) is 4.84. The summed E-state index contributed by atoms with van der Waals surface area (Å²) in [7, 11) is 4.25. The summed E-state index contributed by atoms with van der Waals surface area (Å²) in [5.74, 6) is 0.905. The Hall–Kier alpha value is -0.870. The van der Waals surface area contributed by atoms with Crippen LogP contribution in [-0.2, 0) is 7.05 Å². The Morgan fingerprint density at radius 1 is 1.25 bits per heavy atom. The van der Waals surface area contributed by atoms with Gasteiger partial charge in [0.25, 0.3) is 0 Å².